The van der Waals surface area contributed by atoms with Crippen LogP contribution >= 0.6 is 0 Å². The summed E-state index contributed by atoms with van der Waals surface area (Å²) in [4.78, 5) is 11.1. The first-order valence-electron chi connectivity index (χ1n) is 6.17. The highest BCUT2D eigenvalue weighted by Gasteiger charge is 2.33. The number of aromatic carboxylic acids is 1. The molecule has 1 aliphatic rings. The standard InChI is InChI=1S/C13H11F2N3O2/c14-9-4-1-7(5-10(9)15)6-18-12(8-2-3-8)11(13(19)20)16-17-18/h1,4-5,8H,2-3,6H2,(H,19,20). The number of benzene rings is 1. The summed E-state index contributed by atoms with van der Waals surface area (Å²) in [7, 11) is 0. The number of carboxylic acid groups (broad SMARTS) is 1. The van der Waals surface area contributed by atoms with E-state index >= 15 is 0 Å². The molecule has 0 bridgehead atoms. The minimum Gasteiger partial charge on any atom is -0.476 e. The predicted molar refractivity (Wildman–Crippen MR) is 64.4 cm³/mol. The fraction of sp³-hybridized carbons (Fsp3) is 0.308. The van der Waals surface area contributed by atoms with Gasteiger partial charge in [0.15, 0.2) is 17.3 Å². The molecule has 3 rings (SSSR count). The van der Waals surface area contributed by atoms with Gasteiger partial charge in [-0.1, -0.05) is 11.3 Å². The Morgan fingerprint density at radius 3 is 2.70 bits per heavy atom. The Balaban J connectivity index is 1.94. The molecule has 0 radical (unpaired) electrons. The summed E-state index contributed by atoms with van der Waals surface area (Å²) < 4.78 is 27.5. The van der Waals surface area contributed by atoms with E-state index in [0.29, 0.717) is 11.3 Å². The predicted octanol–water partition coefficient (Wildman–Crippen LogP) is 2.18. The highest BCUT2D eigenvalue weighted by molar-refractivity contribution is 5.86. The van der Waals surface area contributed by atoms with Crippen LogP contribution in [0.5, 0.6) is 0 Å². The van der Waals surface area contributed by atoms with Gasteiger partial charge in [0.05, 0.1) is 12.2 Å². The monoisotopic (exact) mass is 279 g/mol. The van der Waals surface area contributed by atoms with Gasteiger partial charge in [0.2, 0.25) is 0 Å². The molecule has 0 saturated heterocycles. The van der Waals surface area contributed by atoms with Crippen molar-refractivity contribution in [2.45, 2.75) is 25.3 Å². The molecule has 104 valence electrons. The summed E-state index contributed by atoms with van der Waals surface area (Å²) in [5, 5.41) is 16.6. The van der Waals surface area contributed by atoms with E-state index in [9.17, 15) is 13.6 Å². The van der Waals surface area contributed by atoms with Crippen LogP contribution in [0.1, 0.15) is 40.5 Å². The molecular formula is C13H11F2N3O2. The van der Waals surface area contributed by atoms with Crippen molar-refractivity contribution in [1.82, 2.24) is 15.0 Å². The number of aromatic nitrogens is 3. The second kappa shape index (κ2) is 4.66. The van der Waals surface area contributed by atoms with E-state index < -0.39 is 17.6 Å². The minimum absolute atomic E-state index is 0.0601. The molecule has 0 spiro atoms. The smallest absolute Gasteiger partial charge is 0.358 e. The van der Waals surface area contributed by atoms with Crippen molar-refractivity contribution in [2.75, 3.05) is 0 Å². The second-order valence-corrected chi connectivity index (χ2v) is 4.81. The number of rotatable bonds is 4. The van der Waals surface area contributed by atoms with Crippen LogP contribution in [0.4, 0.5) is 8.78 Å². The van der Waals surface area contributed by atoms with Gasteiger partial charge < -0.3 is 5.11 Å². The maximum Gasteiger partial charge on any atom is 0.358 e. The fourth-order valence-corrected chi connectivity index (χ4v) is 2.16. The zero-order valence-electron chi connectivity index (χ0n) is 10.4. The maximum absolute atomic E-state index is 13.2. The zero-order chi connectivity index (χ0) is 14.3. The van der Waals surface area contributed by atoms with Crippen molar-refractivity contribution in [2.24, 2.45) is 0 Å². The Labute approximate surface area is 112 Å². The first-order valence-corrected chi connectivity index (χ1v) is 6.17. The van der Waals surface area contributed by atoms with Gasteiger partial charge in [-0.25, -0.2) is 18.3 Å². The Bertz CT molecular complexity index is 680. The lowest BCUT2D eigenvalue weighted by atomic mass is 10.2. The zero-order valence-corrected chi connectivity index (χ0v) is 10.4. The molecule has 20 heavy (non-hydrogen) atoms. The van der Waals surface area contributed by atoms with E-state index in [2.05, 4.69) is 10.3 Å². The molecular weight excluding hydrogens is 268 g/mol. The molecule has 7 heteroatoms. The molecule has 0 amide bonds. The normalized spacial score (nSPS) is 14.5. The number of hydrogen-bond donors (Lipinski definition) is 1. The van der Waals surface area contributed by atoms with Gasteiger partial charge in [-0.05, 0) is 30.5 Å². The van der Waals surface area contributed by atoms with Gasteiger partial charge in [-0.3, -0.25) is 0 Å². The van der Waals surface area contributed by atoms with Crippen molar-refractivity contribution < 1.29 is 18.7 Å². The van der Waals surface area contributed by atoms with Crippen LogP contribution in [0.3, 0.4) is 0 Å². The summed E-state index contributed by atoms with van der Waals surface area (Å²) >= 11 is 0. The van der Waals surface area contributed by atoms with Crippen molar-refractivity contribution in [1.29, 1.82) is 0 Å². The largest absolute Gasteiger partial charge is 0.476 e. The number of carboxylic acids is 1. The summed E-state index contributed by atoms with van der Waals surface area (Å²) in [5.41, 5.74) is 1.00. The SMILES string of the molecule is O=C(O)c1nnn(Cc2ccc(F)c(F)c2)c1C1CC1. The lowest BCUT2D eigenvalue weighted by Crippen LogP contribution is -2.09. The van der Waals surface area contributed by atoms with Crippen molar-refractivity contribution in [3.63, 3.8) is 0 Å². The third kappa shape index (κ3) is 2.26. The van der Waals surface area contributed by atoms with Crippen LogP contribution < -0.4 is 0 Å². The number of carbonyl (C=O) groups is 1. The average Bonchev–Trinajstić information content (AvgIpc) is 3.15. The summed E-state index contributed by atoms with van der Waals surface area (Å²) in [6, 6.07) is 3.56. The average molecular weight is 279 g/mol. The van der Waals surface area contributed by atoms with Gasteiger partial charge in [-0.15, -0.1) is 5.10 Å². The van der Waals surface area contributed by atoms with E-state index in [1.54, 1.807) is 0 Å². The molecule has 1 heterocycles. The topological polar surface area (TPSA) is 68.0 Å². The molecule has 1 saturated carbocycles. The Hall–Kier alpha value is -2.31. The fourth-order valence-electron chi connectivity index (χ4n) is 2.16. The van der Waals surface area contributed by atoms with Crippen LogP contribution in [0.25, 0.3) is 0 Å². The van der Waals surface area contributed by atoms with Crippen molar-refractivity contribution >= 4 is 5.97 Å². The molecule has 1 aromatic carbocycles. The first kappa shape index (κ1) is 12.7. The third-order valence-corrected chi connectivity index (χ3v) is 3.26. The molecule has 2 aromatic rings. The highest BCUT2D eigenvalue weighted by atomic mass is 19.2. The second-order valence-electron chi connectivity index (χ2n) is 4.81. The summed E-state index contributed by atoms with van der Waals surface area (Å²) in [6.45, 7) is 0.170. The first-order chi connectivity index (χ1) is 9.56. The Morgan fingerprint density at radius 1 is 1.35 bits per heavy atom. The molecule has 1 N–H and O–H groups in total. The molecule has 5 nitrogen and oxygen atoms in total. The lowest BCUT2D eigenvalue weighted by Gasteiger charge is -2.06. The van der Waals surface area contributed by atoms with Gasteiger partial charge in [0.1, 0.15) is 0 Å². The van der Waals surface area contributed by atoms with Gasteiger partial charge in [0, 0.05) is 5.92 Å². The summed E-state index contributed by atoms with van der Waals surface area (Å²) in [5.74, 6) is -2.83. The van der Waals surface area contributed by atoms with Gasteiger partial charge in [-0.2, -0.15) is 0 Å². The lowest BCUT2D eigenvalue weighted by molar-refractivity contribution is 0.0689. The van der Waals surface area contributed by atoms with Gasteiger partial charge in [0.25, 0.3) is 0 Å². The van der Waals surface area contributed by atoms with Crippen molar-refractivity contribution in [3.05, 3.63) is 46.8 Å². The molecule has 0 atom stereocenters. The minimum atomic E-state index is -1.12. The maximum atomic E-state index is 13.2. The highest BCUT2D eigenvalue weighted by Crippen LogP contribution is 2.41. The quantitative estimate of drug-likeness (QED) is 0.931. The number of halogens is 2. The number of hydrogen-bond acceptors (Lipinski definition) is 3. The van der Waals surface area contributed by atoms with E-state index in [1.807, 2.05) is 0 Å². The van der Waals surface area contributed by atoms with E-state index in [4.69, 9.17) is 5.11 Å². The van der Waals surface area contributed by atoms with Gasteiger partial charge >= 0.3 is 5.97 Å². The number of nitrogens with zero attached hydrogens (tertiary/aromatic N) is 3. The molecule has 1 aromatic heterocycles. The van der Waals surface area contributed by atoms with Crippen LogP contribution in [0.2, 0.25) is 0 Å². The van der Waals surface area contributed by atoms with Crippen molar-refractivity contribution in [3.8, 4) is 0 Å². The van der Waals surface area contributed by atoms with E-state index in [1.165, 1.54) is 10.7 Å². The van der Waals surface area contributed by atoms with E-state index in [-0.39, 0.29) is 18.2 Å². The molecule has 0 aliphatic heterocycles. The van der Waals surface area contributed by atoms with Crippen LogP contribution in [-0.2, 0) is 6.54 Å². The van der Waals surface area contributed by atoms with Crippen LogP contribution in [0, 0.1) is 11.6 Å². The summed E-state index contributed by atoms with van der Waals surface area (Å²) in [6.07, 6.45) is 1.79. The van der Waals surface area contributed by atoms with E-state index in [0.717, 1.165) is 25.0 Å². The third-order valence-electron chi connectivity index (χ3n) is 3.26. The molecule has 1 fully saturated rings. The Morgan fingerprint density at radius 2 is 2.10 bits per heavy atom. The Kier molecular flexibility index (Phi) is 2.96. The van der Waals surface area contributed by atoms with Crippen LogP contribution in [0.15, 0.2) is 18.2 Å². The van der Waals surface area contributed by atoms with Crippen LogP contribution in [-0.4, -0.2) is 26.1 Å². The molecule has 1 aliphatic carbocycles. The molecule has 0 unspecified atom stereocenters.